The van der Waals surface area contributed by atoms with Crippen molar-refractivity contribution in [3.8, 4) is 0 Å². The van der Waals surface area contributed by atoms with E-state index in [1.54, 1.807) is 0 Å². The Bertz CT molecular complexity index is 436. The number of halogens is 1. The van der Waals surface area contributed by atoms with E-state index < -0.39 is 0 Å². The minimum absolute atomic E-state index is 0. The van der Waals surface area contributed by atoms with Gasteiger partial charge in [0.2, 0.25) is 0 Å². The van der Waals surface area contributed by atoms with Gasteiger partial charge in [-0.1, -0.05) is 38.1 Å². The molecular weight excluding hydrogens is 389 g/mol. The van der Waals surface area contributed by atoms with E-state index >= 15 is 0 Å². The highest BCUT2D eigenvalue weighted by Gasteiger charge is 2.01. The van der Waals surface area contributed by atoms with Gasteiger partial charge >= 0.3 is 0 Å². The van der Waals surface area contributed by atoms with Crippen molar-refractivity contribution < 1.29 is 5.11 Å². The first kappa shape index (κ1) is 21.2. The average Bonchev–Trinajstić information content (AvgIpc) is 2.49. The lowest BCUT2D eigenvalue weighted by molar-refractivity contribution is 0.280. The van der Waals surface area contributed by atoms with E-state index in [1.165, 1.54) is 6.42 Å². The third-order valence-electron chi connectivity index (χ3n) is 3.29. The van der Waals surface area contributed by atoms with Crippen LogP contribution in [-0.2, 0) is 13.2 Å². The van der Waals surface area contributed by atoms with Gasteiger partial charge in [0.15, 0.2) is 5.96 Å². The molecule has 4 nitrogen and oxygen atoms in total. The van der Waals surface area contributed by atoms with Crippen LogP contribution >= 0.6 is 24.0 Å². The molecule has 3 N–H and O–H groups in total. The second-order valence-corrected chi connectivity index (χ2v) is 5.58. The maximum Gasteiger partial charge on any atom is 0.191 e. The summed E-state index contributed by atoms with van der Waals surface area (Å²) in [5.74, 6) is 1.58. The fraction of sp³-hybridized carbons (Fsp3) is 0.588. The van der Waals surface area contributed by atoms with E-state index in [1.807, 2.05) is 24.3 Å². The van der Waals surface area contributed by atoms with Crippen molar-refractivity contribution in [3.63, 3.8) is 0 Å². The van der Waals surface area contributed by atoms with Crippen LogP contribution in [0.15, 0.2) is 29.3 Å². The Balaban J connectivity index is 0.00000441. The largest absolute Gasteiger partial charge is 0.392 e. The van der Waals surface area contributed by atoms with E-state index in [9.17, 15) is 5.11 Å². The van der Waals surface area contributed by atoms with E-state index in [4.69, 9.17) is 0 Å². The predicted octanol–water partition coefficient (Wildman–Crippen LogP) is 3.29. The molecular formula is C17H30IN3O. The zero-order chi connectivity index (χ0) is 15.5. The van der Waals surface area contributed by atoms with Gasteiger partial charge in [-0.05, 0) is 36.8 Å². The third kappa shape index (κ3) is 8.58. The summed E-state index contributed by atoms with van der Waals surface area (Å²) in [5.41, 5.74) is 2.01. The number of aliphatic hydroxyl groups is 1. The second kappa shape index (κ2) is 12.7. The number of benzene rings is 1. The molecule has 22 heavy (non-hydrogen) atoms. The Morgan fingerprint density at radius 1 is 1.18 bits per heavy atom. The topological polar surface area (TPSA) is 56.7 Å². The summed E-state index contributed by atoms with van der Waals surface area (Å²) in [6, 6.07) is 7.87. The summed E-state index contributed by atoms with van der Waals surface area (Å²) in [7, 11) is 0. The average molecular weight is 419 g/mol. The number of nitrogens with zero attached hydrogens (tertiary/aromatic N) is 1. The van der Waals surface area contributed by atoms with Gasteiger partial charge in [-0.3, -0.25) is 0 Å². The first-order valence-corrected chi connectivity index (χ1v) is 7.87. The molecule has 126 valence electrons. The van der Waals surface area contributed by atoms with Crippen LogP contribution in [0, 0.1) is 5.92 Å². The van der Waals surface area contributed by atoms with Crippen molar-refractivity contribution in [2.75, 3.05) is 13.1 Å². The molecule has 0 bridgehead atoms. The van der Waals surface area contributed by atoms with Gasteiger partial charge in [-0.25, -0.2) is 4.99 Å². The summed E-state index contributed by atoms with van der Waals surface area (Å²) in [6.45, 7) is 8.97. The number of aliphatic hydroxyl groups excluding tert-OH is 1. The Labute approximate surface area is 151 Å². The zero-order valence-electron chi connectivity index (χ0n) is 13.9. The molecule has 0 spiro atoms. The molecule has 0 amide bonds. The quantitative estimate of drug-likeness (QED) is 0.262. The molecule has 0 aliphatic heterocycles. The molecule has 0 heterocycles. The van der Waals surface area contributed by atoms with Crippen LogP contribution in [-0.4, -0.2) is 24.2 Å². The highest BCUT2D eigenvalue weighted by Crippen LogP contribution is 2.09. The lowest BCUT2D eigenvalue weighted by atomic mass is 10.1. The molecule has 0 fully saturated rings. The Morgan fingerprint density at radius 3 is 2.45 bits per heavy atom. The smallest absolute Gasteiger partial charge is 0.191 e. The summed E-state index contributed by atoms with van der Waals surface area (Å²) in [6.07, 6.45) is 2.37. The van der Waals surface area contributed by atoms with Crippen LogP contribution in [0.5, 0.6) is 0 Å². The Hall–Kier alpha value is -0.820. The monoisotopic (exact) mass is 419 g/mol. The van der Waals surface area contributed by atoms with Gasteiger partial charge in [0, 0.05) is 13.1 Å². The van der Waals surface area contributed by atoms with Crippen molar-refractivity contribution in [2.24, 2.45) is 10.9 Å². The molecule has 0 radical (unpaired) electrons. The standard InChI is InChI=1S/C17H29N3O.HI/c1-4-18-17(19-11-7-8-14(2)3)20-12-15-9-5-6-10-16(15)13-21;/h5-6,9-10,14,21H,4,7-8,11-13H2,1-3H3,(H2,18,19,20);1H. The number of rotatable bonds is 8. The fourth-order valence-corrected chi connectivity index (χ4v) is 2.09. The van der Waals surface area contributed by atoms with Crippen molar-refractivity contribution in [3.05, 3.63) is 35.4 Å². The molecule has 5 heteroatoms. The molecule has 1 aromatic carbocycles. The minimum Gasteiger partial charge on any atom is -0.392 e. The molecule has 0 aromatic heterocycles. The van der Waals surface area contributed by atoms with E-state index in [0.717, 1.165) is 42.5 Å². The third-order valence-corrected chi connectivity index (χ3v) is 3.29. The highest BCUT2D eigenvalue weighted by atomic mass is 127. The number of guanidine groups is 1. The van der Waals surface area contributed by atoms with Gasteiger partial charge < -0.3 is 15.7 Å². The Morgan fingerprint density at radius 2 is 1.86 bits per heavy atom. The van der Waals surface area contributed by atoms with Crippen molar-refractivity contribution in [1.29, 1.82) is 0 Å². The fourth-order valence-electron chi connectivity index (χ4n) is 2.09. The molecule has 0 aliphatic rings. The predicted molar refractivity (Wildman–Crippen MR) is 105 cm³/mol. The maximum atomic E-state index is 9.33. The minimum atomic E-state index is 0. The molecule has 0 atom stereocenters. The number of hydrogen-bond donors (Lipinski definition) is 3. The lowest BCUT2D eigenvalue weighted by Gasteiger charge is -2.12. The first-order chi connectivity index (χ1) is 10.2. The summed E-state index contributed by atoms with van der Waals surface area (Å²) in [4.78, 5) is 4.59. The lowest BCUT2D eigenvalue weighted by Crippen LogP contribution is -2.37. The maximum absolute atomic E-state index is 9.33. The molecule has 1 aromatic rings. The van der Waals surface area contributed by atoms with Crippen LogP contribution in [0.25, 0.3) is 0 Å². The first-order valence-electron chi connectivity index (χ1n) is 7.87. The van der Waals surface area contributed by atoms with Crippen LogP contribution in [0.2, 0.25) is 0 Å². The summed E-state index contributed by atoms with van der Waals surface area (Å²) < 4.78 is 0. The number of aliphatic imine (C=N–C) groups is 1. The van der Waals surface area contributed by atoms with E-state index in [-0.39, 0.29) is 30.6 Å². The normalized spacial score (nSPS) is 11.2. The molecule has 0 aliphatic carbocycles. The summed E-state index contributed by atoms with van der Waals surface area (Å²) >= 11 is 0. The van der Waals surface area contributed by atoms with Gasteiger partial charge in [0.05, 0.1) is 13.2 Å². The molecule has 0 saturated heterocycles. The van der Waals surface area contributed by atoms with Gasteiger partial charge in [0.1, 0.15) is 0 Å². The van der Waals surface area contributed by atoms with Crippen LogP contribution in [0.1, 0.15) is 44.7 Å². The molecule has 1 rings (SSSR count). The van der Waals surface area contributed by atoms with Crippen molar-refractivity contribution in [2.45, 2.75) is 46.8 Å². The van der Waals surface area contributed by atoms with E-state index in [0.29, 0.717) is 6.54 Å². The van der Waals surface area contributed by atoms with Crippen LogP contribution < -0.4 is 10.6 Å². The molecule has 0 saturated carbocycles. The zero-order valence-corrected chi connectivity index (χ0v) is 16.3. The SMILES string of the molecule is CCNC(=NCc1ccccc1CO)NCCCC(C)C.I. The van der Waals surface area contributed by atoms with Crippen molar-refractivity contribution >= 4 is 29.9 Å². The summed E-state index contributed by atoms with van der Waals surface area (Å²) in [5, 5.41) is 15.9. The second-order valence-electron chi connectivity index (χ2n) is 5.58. The number of nitrogens with one attached hydrogen (secondary N) is 2. The van der Waals surface area contributed by atoms with Crippen LogP contribution in [0.4, 0.5) is 0 Å². The highest BCUT2D eigenvalue weighted by molar-refractivity contribution is 14.0. The van der Waals surface area contributed by atoms with Gasteiger partial charge in [0.25, 0.3) is 0 Å². The Kier molecular flexibility index (Phi) is 12.2. The van der Waals surface area contributed by atoms with Gasteiger partial charge in [-0.15, -0.1) is 24.0 Å². The van der Waals surface area contributed by atoms with E-state index in [2.05, 4.69) is 36.4 Å². The van der Waals surface area contributed by atoms with Gasteiger partial charge in [-0.2, -0.15) is 0 Å². The van der Waals surface area contributed by atoms with Crippen molar-refractivity contribution in [1.82, 2.24) is 10.6 Å². The number of hydrogen-bond acceptors (Lipinski definition) is 2. The molecule has 0 unspecified atom stereocenters. The van der Waals surface area contributed by atoms with Crippen LogP contribution in [0.3, 0.4) is 0 Å².